The predicted octanol–water partition coefficient (Wildman–Crippen LogP) is 3.46. The molecule has 0 bridgehead atoms. The molecule has 1 aromatic carbocycles. The molecule has 6 nitrogen and oxygen atoms in total. The average Bonchev–Trinajstić information content (AvgIpc) is 3.06. The van der Waals surface area contributed by atoms with Crippen LogP contribution in [0.4, 0.5) is 0 Å². The lowest BCUT2D eigenvalue weighted by atomic mass is 9.87. The summed E-state index contributed by atoms with van der Waals surface area (Å²) in [5.41, 5.74) is 1.88. The van der Waals surface area contributed by atoms with Gasteiger partial charge in [-0.25, -0.2) is 0 Å². The Balaban J connectivity index is 1.42. The topological polar surface area (TPSA) is 69.7 Å². The number of hydrogen-bond donors (Lipinski definition) is 1. The van der Waals surface area contributed by atoms with Crippen LogP contribution in [0.3, 0.4) is 0 Å². The summed E-state index contributed by atoms with van der Waals surface area (Å²) in [6.07, 6.45) is 6.22. The summed E-state index contributed by atoms with van der Waals surface area (Å²) in [5.74, 6) is 1.54. The van der Waals surface area contributed by atoms with Gasteiger partial charge in [0.1, 0.15) is 5.60 Å². The lowest BCUT2D eigenvalue weighted by Crippen LogP contribution is -2.38. The molecule has 0 saturated carbocycles. The molecule has 1 amide bonds. The van der Waals surface area contributed by atoms with Crippen molar-refractivity contribution in [2.75, 3.05) is 19.8 Å². The summed E-state index contributed by atoms with van der Waals surface area (Å²) in [5, 5.41) is 3.16. The van der Waals surface area contributed by atoms with Crippen LogP contribution in [0, 0.1) is 5.92 Å². The number of hydrogen-bond acceptors (Lipinski definition) is 5. The third-order valence-electron chi connectivity index (χ3n) is 5.51. The Kier molecular flexibility index (Phi) is 5.72. The minimum absolute atomic E-state index is 0.0553. The molecule has 3 heterocycles. The van der Waals surface area contributed by atoms with E-state index in [0.717, 1.165) is 49.4 Å². The number of nitrogens with one attached hydrogen (secondary N) is 1. The highest BCUT2D eigenvalue weighted by Crippen LogP contribution is 2.41. The zero-order valence-corrected chi connectivity index (χ0v) is 17.0. The number of amides is 1. The number of pyridine rings is 1. The van der Waals surface area contributed by atoms with Crippen molar-refractivity contribution >= 4 is 5.91 Å². The third-order valence-corrected chi connectivity index (χ3v) is 5.51. The zero-order valence-electron chi connectivity index (χ0n) is 17.0. The highest BCUT2D eigenvalue weighted by atomic mass is 16.5. The average molecular weight is 396 g/mol. The molecule has 0 radical (unpaired) electrons. The van der Waals surface area contributed by atoms with Crippen LogP contribution in [-0.4, -0.2) is 36.3 Å². The number of carbonyl (C=O) groups is 1. The predicted molar refractivity (Wildman–Crippen MR) is 109 cm³/mol. The SMILES string of the molecule is CC1(C)Cc2cccc(OCC(=O)N[C@@H](c3cccnc3)C3CCOCC3)c2O1. The van der Waals surface area contributed by atoms with Gasteiger partial charge in [-0.05, 0) is 50.3 Å². The summed E-state index contributed by atoms with van der Waals surface area (Å²) in [6.45, 7) is 5.49. The van der Waals surface area contributed by atoms with Crippen LogP contribution >= 0.6 is 0 Å². The summed E-state index contributed by atoms with van der Waals surface area (Å²) in [4.78, 5) is 17.0. The van der Waals surface area contributed by atoms with Crippen LogP contribution in [0.5, 0.6) is 11.5 Å². The van der Waals surface area contributed by atoms with Crippen molar-refractivity contribution in [3.05, 3.63) is 53.9 Å². The Bertz CT molecular complexity index is 847. The molecule has 1 atom stereocenters. The molecule has 2 aromatic rings. The van der Waals surface area contributed by atoms with E-state index in [2.05, 4.69) is 24.1 Å². The van der Waals surface area contributed by atoms with E-state index >= 15 is 0 Å². The smallest absolute Gasteiger partial charge is 0.258 e. The fourth-order valence-corrected chi connectivity index (χ4v) is 4.14. The Morgan fingerprint density at radius 1 is 1.28 bits per heavy atom. The van der Waals surface area contributed by atoms with Gasteiger partial charge < -0.3 is 19.5 Å². The summed E-state index contributed by atoms with van der Waals surface area (Å²) in [7, 11) is 0. The quantitative estimate of drug-likeness (QED) is 0.810. The molecule has 2 aliphatic heterocycles. The number of para-hydroxylation sites is 1. The molecule has 1 saturated heterocycles. The van der Waals surface area contributed by atoms with Crippen molar-refractivity contribution in [3.63, 3.8) is 0 Å². The van der Waals surface area contributed by atoms with Crippen molar-refractivity contribution in [3.8, 4) is 11.5 Å². The Morgan fingerprint density at radius 3 is 2.86 bits per heavy atom. The van der Waals surface area contributed by atoms with Gasteiger partial charge in [0.25, 0.3) is 5.91 Å². The summed E-state index contributed by atoms with van der Waals surface area (Å²) >= 11 is 0. The maximum Gasteiger partial charge on any atom is 0.258 e. The van der Waals surface area contributed by atoms with Crippen molar-refractivity contribution in [1.29, 1.82) is 0 Å². The first-order valence-electron chi connectivity index (χ1n) is 10.2. The molecule has 154 valence electrons. The Morgan fingerprint density at radius 2 is 2.10 bits per heavy atom. The second kappa shape index (κ2) is 8.41. The van der Waals surface area contributed by atoms with Crippen molar-refractivity contribution < 1.29 is 19.0 Å². The molecule has 6 heteroatoms. The lowest BCUT2D eigenvalue weighted by molar-refractivity contribution is -0.124. The van der Waals surface area contributed by atoms with Crippen LogP contribution < -0.4 is 14.8 Å². The van der Waals surface area contributed by atoms with Crippen LogP contribution in [-0.2, 0) is 16.0 Å². The maximum absolute atomic E-state index is 12.7. The maximum atomic E-state index is 12.7. The van der Waals surface area contributed by atoms with Crippen molar-refractivity contribution in [2.24, 2.45) is 5.92 Å². The Hall–Kier alpha value is -2.60. The van der Waals surface area contributed by atoms with Gasteiger partial charge in [0.15, 0.2) is 18.1 Å². The Labute approximate surface area is 171 Å². The first-order valence-corrected chi connectivity index (χ1v) is 10.2. The summed E-state index contributed by atoms with van der Waals surface area (Å²) in [6, 6.07) is 9.65. The largest absolute Gasteiger partial charge is 0.483 e. The first-order chi connectivity index (χ1) is 14.0. The highest BCUT2D eigenvalue weighted by molar-refractivity contribution is 5.78. The molecule has 0 spiro atoms. The van der Waals surface area contributed by atoms with E-state index in [9.17, 15) is 4.79 Å². The molecular weight excluding hydrogens is 368 g/mol. The van der Waals surface area contributed by atoms with Crippen molar-refractivity contribution in [2.45, 2.75) is 44.8 Å². The van der Waals surface area contributed by atoms with Crippen LogP contribution in [0.25, 0.3) is 0 Å². The number of fused-ring (bicyclic) bond motifs is 1. The van der Waals surface area contributed by atoms with Gasteiger partial charge in [-0.2, -0.15) is 0 Å². The van der Waals surface area contributed by atoms with Crippen LogP contribution in [0.15, 0.2) is 42.7 Å². The molecule has 0 unspecified atom stereocenters. The van der Waals surface area contributed by atoms with Gasteiger partial charge in [0.2, 0.25) is 0 Å². The molecule has 4 rings (SSSR count). The minimum Gasteiger partial charge on any atom is -0.483 e. The molecule has 2 aliphatic rings. The van der Waals surface area contributed by atoms with E-state index in [4.69, 9.17) is 14.2 Å². The number of rotatable bonds is 6. The lowest BCUT2D eigenvalue weighted by Gasteiger charge is -2.31. The molecular formula is C23H28N2O4. The van der Waals surface area contributed by atoms with E-state index < -0.39 is 0 Å². The van der Waals surface area contributed by atoms with Crippen LogP contribution in [0.1, 0.15) is 43.9 Å². The molecule has 29 heavy (non-hydrogen) atoms. The van der Waals surface area contributed by atoms with E-state index in [1.165, 1.54) is 0 Å². The number of aromatic nitrogens is 1. The minimum atomic E-state index is -0.251. The molecule has 1 fully saturated rings. The van der Waals surface area contributed by atoms with E-state index in [-0.39, 0.29) is 24.2 Å². The van der Waals surface area contributed by atoms with E-state index in [0.29, 0.717) is 11.7 Å². The normalized spacial score (nSPS) is 19.1. The van der Waals surface area contributed by atoms with Gasteiger partial charge in [-0.3, -0.25) is 9.78 Å². The number of ether oxygens (including phenoxy) is 3. The van der Waals surface area contributed by atoms with Gasteiger partial charge in [-0.15, -0.1) is 0 Å². The molecule has 1 N–H and O–H groups in total. The van der Waals surface area contributed by atoms with Gasteiger partial charge in [0, 0.05) is 37.6 Å². The van der Waals surface area contributed by atoms with Gasteiger partial charge >= 0.3 is 0 Å². The van der Waals surface area contributed by atoms with E-state index in [1.807, 2.05) is 36.5 Å². The zero-order chi connectivity index (χ0) is 20.3. The second-order valence-electron chi connectivity index (χ2n) is 8.35. The third kappa shape index (κ3) is 4.70. The molecule has 0 aliphatic carbocycles. The number of benzene rings is 1. The number of nitrogens with zero attached hydrogens (tertiary/aromatic N) is 1. The molecule has 1 aromatic heterocycles. The fourth-order valence-electron chi connectivity index (χ4n) is 4.14. The van der Waals surface area contributed by atoms with Crippen LogP contribution in [0.2, 0.25) is 0 Å². The standard InChI is InChI=1S/C23H28N2O4/c1-23(2)13-17-5-3-7-19(22(17)29-23)28-15-20(26)25-21(16-8-11-27-12-9-16)18-6-4-10-24-14-18/h3-7,10,14,16,21H,8-9,11-13,15H2,1-2H3,(H,25,26)/t21-/m1/s1. The fraction of sp³-hybridized carbons (Fsp3) is 0.478. The first kappa shape index (κ1) is 19.7. The van der Waals surface area contributed by atoms with Gasteiger partial charge in [-0.1, -0.05) is 18.2 Å². The second-order valence-corrected chi connectivity index (χ2v) is 8.35. The van der Waals surface area contributed by atoms with Gasteiger partial charge in [0.05, 0.1) is 6.04 Å². The van der Waals surface area contributed by atoms with Crippen molar-refractivity contribution in [1.82, 2.24) is 10.3 Å². The van der Waals surface area contributed by atoms with E-state index in [1.54, 1.807) is 6.20 Å². The summed E-state index contributed by atoms with van der Waals surface area (Å²) < 4.78 is 17.4. The highest BCUT2D eigenvalue weighted by Gasteiger charge is 2.32. The monoisotopic (exact) mass is 396 g/mol. The number of carbonyl (C=O) groups excluding carboxylic acids is 1.